The van der Waals surface area contributed by atoms with E-state index in [2.05, 4.69) is 16.0 Å². The third kappa shape index (κ3) is 15.5. The van der Waals surface area contributed by atoms with Crippen molar-refractivity contribution in [3.05, 3.63) is 0 Å². The average molecular weight is 531 g/mol. The van der Waals surface area contributed by atoms with Crippen LogP contribution in [0.5, 0.6) is 0 Å². The number of carboxylic acids is 3. The lowest BCUT2D eigenvalue weighted by atomic mass is 10.0. The molecule has 0 spiro atoms. The van der Waals surface area contributed by atoms with E-state index >= 15 is 0 Å². The maximum atomic E-state index is 12.6. The first-order valence-corrected chi connectivity index (χ1v) is 12.3. The highest BCUT2D eigenvalue weighted by molar-refractivity contribution is 5.89. The Hall–Kier alpha value is -3.22. The molecule has 0 heterocycles. The molecular formula is C24H42N4O9. The Morgan fingerprint density at radius 3 is 0.892 bits per heavy atom. The molecule has 3 atom stereocenters. The Bertz CT molecular complexity index is 709. The van der Waals surface area contributed by atoms with E-state index in [4.69, 9.17) is 0 Å². The van der Waals surface area contributed by atoms with Gasteiger partial charge in [-0.1, -0.05) is 41.5 Å². The third-order valence-corrected chi connectivity index (χ3v) is 5.12. The quantitative estimate of drug-likeness (QED) is 0.141. The molecule has 13 nitrogen and oxygen atoms in total. The van der Waals surface area contributed by atoms with E-state index in [9.17, 15) is 44.1 Å². The summed E-state index contributed by atoms with van der Waals surface area (Å²) in [6.07, 6.45) is 0.479. The monoisotopic (exact) mass is 530 g/mol. The smallest absolute Gasteiger partial charge is 0.326 e. The maximum Gasteiger partial charge on any atom is 0.326 e. The fraction of sp³-hybridized carbons (Fsp3) is 0.750. The van der Waals surface area contributed by atoms with E-state index in [1.807, 2.05) is 0 Å². The molecule has 0 unspecified atom stereocenters. The lowest BCUT2D eigenvalue weighted by molar-refractivity contribution is -0.143. The maximum absolute atomic E-state index is 12.6. The van der Waals surface area contributed by atoms with Crippen LogP contribution in [0, 0.1) is 17.8 Å². The molecule has 6 N–H and O–H groups in total. The topological polar surface area (TPSA) is 202 Å². The van der Waals surface area contributed by atoms with E-state index in [1.54, 1.807) is 41.5 Å². The summed E-state index contributed by atoms with van der Waals surface area (Å²) in [6, 6.07) is -3.54. The highest BCUT2D eigenvalue weighted by Gasteiger charge is 2.27. The van der Waals surface area contributed by atoms with Crippen LogP contribution in [-0.4, -0.2) is 93.6 Å². The zero-order chi connectivity index (χ0) is 28.9. The number of hydrogen-bond acceptors (Lipinski definition) is 7. The molecule has 0 saturated carbocycles. The molecule has 0 saturated heterocycles. The van der Waals surface area contributed by atoms with Crippen LogP contribution in [0.3, 0.4) is 0 Å². The van der Waals surface area contributed by atoms with Crippen LogP contribution in [0.1, 0.15) is 60.8 Å². The van der Waals surface area contributed by atoms with Crippen molar-refractivity contribution in [2.24, 2.45) is 17.8 Å². The SMILES string of the molecule is CC(C)C[C@H](NC(=O)CN(CC(=O)N[C@@H](CC(C)C)C(=O)O)CC(=O)N[C@@H](CC(C)C)C(=O)O)C(=O)O. The number of carboxylic acid groups (broad SMARTS) is 3. The number of carbonyl (C=O) groups excluding carboxylic acids is 3. The van der Waals surface area contributed by atoms with Gasteiger partial charge in [0.05, 0.1) is 19.6 Å². The molecule has 212 valence electrons. The van der Waals surface area contributed by atoms with Crippen molar-refractivity contribution in [3.63, 3.8) is 0 Å². The first kappa shape index (κ1) is 33.8. The van der Waals surface area contributed by atoms with Crippen molar-refractivity contribution in [3.8, 4) is 0 Å². The molecule has 0 bridgehead atoms. The normalized spacial score (nSPS) is 13.8. The third-order valence-electron chi connectivity index (χ3n) is 5.12. The summed E-state index contributed by atoms with van der Waals surface area (Å²) in [5, 5.41) is 35.2. The van der Waals surface area contributed by atoms with Gasteiger partial charge in [-0.2, -0.15) is 0 Å². The fourth-order valence-corrected chi connectivity index (χ4v) is 3.58. The van der Waals surface area contributed by atoms with Crippen molar-refractivity contribution >= 4 is 35.6 Å². The first-order chi connectivity index (χ1) is 17.0. The van der Waals surface area contributed by atoms with Gasteiger partial charge < -0.3 is 31.3 Å². The molecule has 0 radical (unpaired) electrons. The van der Waals surface area contributed by atoms with E-state index < -0.39 is 73.4 Å². The van der Waals surface area contributed by atoms with Crippen molar-refractivity contribution < 1.29 is 44.1 Å². The van der Waals surface area contributed by atoms with Crippen LogP contribution in [0.15, 0.2) is 0 Å². The Morgan fingerprint density at radius 1 is 0.514 bits per heavy atom. The largest absolute Gasteiger partial charge is 0.480 e. The number of aliphatic carboxylic acids is 3. The van der Waals surface area contributed by atoms with Gasteiger partial charge in [0.2, 0.25) is 17.7 Å². The van der Waals surface area contributed by atoms with Crippen molar-refractivity contribution in [2.45, 2.75) is 78.9 Å². The van der Waals surface area contributed by atoms with Gasteiger partial charge in [0.1, 0.15) is 18.1 Å². The molecule has 37 heavy (non-hydrogen) atoms. The number of nitrogens with zero attached hydrogens (tertiary/aromatic N) is 1. The molecule has 0 aromatic rings. The summed E-state index contributed by atoms with van der Waals surface area (Å²) in [7, 11) is 0. The van der Waals surface area contributed by atoms with E-state index in [1.165, 1.54) is 0 Å². The van der Waals surface area contributed by atoms with Crippen LogP contribution in [0.4, 0.5) is 0 Å². The Kier molecular flexibility index (Phi) is 15.1. The van der Waals surface area contributed by atoms with Crippen LogP contribution >= 0.6 is 0 Å². The van der Waals surface area contributed by atoms with Crippen LogP contribution in [0.2, 0.25) is 0 Å². The molecular weight excluding hydrogens is 488 g/mol. The minimum Gasteiger partial charge on any atom is -0.480 e. The number of hydrogen-bond donors (Lipinski definition) is 6. The van der Waals surface area contributed by atoms with Gasteiger partial charge in [0.25, 0.3) is 0 Å². The van der Waals surface area contributed by atoms with E-state index in [0.29, 0.717) is 0 Å². The van der Waals surface area contributed by atoms with E-state index in [0.717, 1.165) is 4.90 Å². The number of carbonyl (C=O) groups is 6. The van der Waals surface area contributed by atoms with Gasteiger partial charge in [-0.25, -0.2) is 14.4 Å². The molecule has 0 aliphatic heterocycles. The minimum absolute atomic E-state index is 0.0307. The van der Waals surface area contributed by atoms with Crippen molar-refractivity contribution in [1.82, 2.24) is 20.9 Å². The second-order valence-electron chi connectivity index (χ2n) is 10.4. The first-order valence-electron chi connectivity index (χ1n) is 12.3. The van der Waals surface area contributed by atoms with Gasteiger partial charge in [-0.3, -0.25) is 19.3 Å². The molecule has 13 heteroatoms. The highest BCUT2D eigenvalue weighted by atomic mass is 16.4. The lowest BCUT2D eigenvalue weighted by Crippen LogP contribution is -2.53. The summed E-state index contributed by atoms with van der Waals surface area (Å²) in [5.74, 6) is -6.08. The number of amides is 3. The van der Waals surface area contributed by atoms with Gasteiger partial charge in [-0.05, 0) is 37.0 Å². The second kappa shape index (κ2) is 16.5. The predicted octanol–water partition coefficient (Wildman–Crippen LogP) is 0.135. The Balaban J connectivity index is 5.58. The van der Waals surface area contributed by atoms with Crippen molar-refractivity contribution in [2.75, 3.05) is 19.6 Å². The van der Waals surface area contributed by atoms with Gasteiger partial charge >= 0.3 is 17.9 Å². The van der Waals surface area contributed by atoms with Crippen molar-refractivity contribution in [1.29, 1.82) is 0 Å². The number of rotatable bonds is 18. The Morgan fingerprint density at radius 2 is 0.730 bits per heavy atom. The average Bonchev–Trinajstić information content (AvgIpc) is 2.70. The zero-order valence-electron chi connectivity index (χ0n) is 22.4. The predicted molar refractivity (Wildman–Crippen MR) is 134 cm³/mol. The van der Waals surface area contributed by atoms with Crippen LogP contribution < -0.4 is 16.0 Å². The fourth-order valence-electron chi connectivity index (χ4n) is 3.58. The molecule has 0 rings (SSSR count). The van der Waals surface area contributed by atoms with Gasteiger partial charge in [-0.15, -0.1) is 0 Å². The molecule has 0 aromatic carbocycles. The summed E-state index contributed by atoms with van der Waals surface area (Å²) >= 11 is 0. The highest BCUT2D eigenvalue weighted by Crippen LogP contribution is 2.07. The minimum atomic E-state index is -1.24. The van der Waals surface area contributed by atoms with Crippen LogP contribution in [-0.2, 0) is 28.8 Å². The summed E-state index contributed by atoms with van der Waals surface area (Å²) in [5.41, 5.74) is 0. The second-order valence-corrected chi connectivity index (χ2v) is 10.4. The molecule has 3 amide bonds. The lowest BCUT2D eigenvalue weighted by Gasteiger charge is -2.25. The number of nitrogens with one attached hydrogen (secondary N) is 3. The molecule has 0 fully saturated rings. The van der Waals surface area contributed by atoms with Gasteiger partial charge in [0, 0.05) is 0 Å². The van der Waals surface area contributed by atoms with Crippen LogP contribution in [0.25, 0.3) is 0 Å². The van der Waals surface area contributed by atoms with Gasteiger partial charge in [0.15, 0.2) is 0 Å². The summed E-state index contributed by atoms with van der Waals surface area (Å²) in [6.45, 7) is 9.07. The zero-order valence-corrected chi connectivity index (χ0v) is 22.4. The molecule has 0 aliphatic carbocycles. The molecule has 0 aliphatic rings. The standard InChI is InChI=1S/C24H42N4O9/c1-13(2)7-16(22(32)33)25-19(29)10-28(11-20(30)26-17(23(34)35)8-14(3)4)12-21(31)27-18(24(36)37)9-15(5)6/h13-18H,7-12H2,1-6H3,(H,25,29)(H,26,30)(H,27,31)(H,32,33)(H,34,35)(H,36,37)/t16-,17-,18-/m0/s1. The Labute approximate surface area is 217 Å². The molecule has 0 aromatic heterocycles. The summed E-state index contributed by atoms with van der Waals surface area (Å²) in [4.78, 5) is 73.4. The summed E-state index contributed by atoms with van der Waals surface area (Å²) < 4.78 is 0. The van der Waals surface area contributed by atoms with E-state index in [-0.39, 0.29) is 37.0 Å².